The average Bonchev–Trinajstić information content (AvgIpc) is 2.51. The van der Waals surface area contributed by atoms with Crippen LogP contribution in [0.15, 0.2) is 36.4 Å². The zero-order chi connectivity index (χ0) is 17.0. The maximum absolute atomic E-state index is 13.0. The molecule has 0 atom stereocenters. The molecule has 1 N–H and O–H groups in total. The monoisotopic (exact) mass is 335 g/mol. The molecule has 2 aromatic carbocycles. The van der Waals surface area contributed by atoms with Crippen molar-refractivity contribution < 1.29 is 18.7 Å². The van der Waals surface area contributed by atoms with Gasteiger partial charge in [-0.1, -0.05) is 17.7 Å². The highest BCUT2D eigenvalue weighted by molar-refractivity contribution is 6.31. The quantitative estimate of drug-likeness (QED) is 0.862. The van der Waals surface area contributed by atoms with Crippen LogP contribution >= 0.6 is 11.6 Å². The van der Waals surface area contributed by atoms with Crippen molar-refractivity contribution in [2.45, 2.75) is 13.8 Å². The number of halogens is 2. The molecule has 0 saturated heterocycles. The van der Waals surface area contributed by atoms with Crippen molar-refractivity contribution in [3.8, 4) is 0 Å². The molecule has 0 radical (unpaired) electrons. The number of ether oxygens (including phenoxy) is 1. The minimum Gasteiger partial charge on any atom is -0.452 e. The number of hydrogen-bond donors (Lipinski definition) is 1. The number of carbonyl (C=O) groups excluding carboxylic acids is 2. The SMILES string of the molecule is Cc1ccc(NC(=O)COC(=O)c2ccc(F)c(Cl)c2)cc1C. The van der Waals surface area contributed by atoms with E-state index in [1.165, 1.54) is 6.07 Å². The minimum atomic E-state index is -0.748. The number of hydrogen-bond acceptors (Lipinski definition) is 3. The van der Waals surface area contributed by atoms with Crippen LogP contribution < -0.4 is 5.32 Å². The Morgan fingerprint density at radius 3 is 2.52 bits per heavy atom. The molecular formula is C17H15ClFNO3. The molecule has 6 heteroatoms. The summed E-state index contributed by atoms with van der Waals surface area (Å²) in [5.74, 6) is -1.84. The Kier molecular flexibility index (Phi) is 5.34. The standard InChI is InChI=1S/C17H15ClFNO3/c1-10-3-5-13(7-11(10)2)20-16(21)9-23-17(22)12-4-6-15(19)14(18)8-12/h3-8H,9H2,1-2H3,(H,20,21). The Hall–Kier alpha value is -2.40. The van der Waals surface area contributed by atoms with E-state index >= 15 is 0 Å². The van der Waals surface area contributed by atoms with Crippen molar-refractivity contribution in [1.82, 2.24) is 0 Å². The molecule has 2 rings (SSSR count). The second-order valence-corrected chi connectivity index (χ2v) is 5.46. The van der Waals surface area contributed by atoms with E-state index in [2.05, 4.69) is 5.32 Å². The minimum absolute atomic E-state index is 0.0791. The second kappa shape index (κ2) is 7.24. The van der Waals surface area contributed by atoms with Crippen LogP contribution in [0, 0.1) is 19.7 Å². The molecule has 0 aliphatic rings. The fraction of sp³-hybridized carbons (Fsp3) is 0.176. The van der Waals surface area contributed by atoms with Crippen LogP contribution in [0.1, 0.15) is 21.5 Å². The third-order valence-corrected chi connectivity index (χ3v) is 3.57. The third-order valence-electron chi connectivity index (χ3n) is 3.28. The predicted octanol–water partition coefficient (Wildman–Crippen LogP) is 3.89. The Balaban J connectivity index is 1.91. The summed E-state index contributed by atoms with van der Waals surface area (Å²) < 4.78 is 17.9. The van der Waals surface area contributed by atoms with Crippen molar-refractivity contribution in [2.24, 2.45) is 0 Å². The summed E-state index contributed by atoms with van der Waals surface area (Å²) >= 11 is 5.59. The van der Waals surface area contributed by atoms with E-state index in [0.29, 0.717) is 5.69 Å². The van der Waals surface area contributed by atoms with Gasteiger partial charge in [-0.05, 0) is 55.3 Å². The highest BCUT2D eigenvalue weighted by Crippen LogP contribution is 2.17. The van der Waals surface area contributed by atoms with E-state index in [1.54, 1.807) is 6.07 Å². The lowest BCUT2D eigenvalue weighted by atomic mass is 10.1. The normalized spacial score (nSPS) is 10.3. The highest BCUT2D eigenvalue weighted by Gasteiger charge is 2.12. The van der Waals surface area contributed by atoms with Gasteiger partial charge in [0.1, 0.15) is 5.82 Å². The Labute approximate surface area is 138 Å². The molecule has 0 aliphatic heterocycles. The number of aryl methyl sites for hydroxylation is 2. The van der Waals surface area contributed by atoms with Gasteiger partial charge < -0.3 is 10.1 Å². The molecular weight excluding hydrogens is 321 g/mol. The van der Waals surface area contributed by atoms with Gasteiger partial charge in [0.05, 0.1) is 10.6 Å². The lowest BCUT2D eigenvalue weighted by Gasteiger charge is -2.08. The fourth-order valence-corrected chi connectivity index (χ4v) is 2.03. The van der Waals surface area contributed by atoms with Crippen LogP contribution in [0.5, 0.6) is 0 Å². The summed E-state index contributed by atoms with van der Waals surface area (Å²) in [7, 11) is 0. The smallest absolute Gasteiger partial charge is 0.338 e. The molecule has 0 aliphatic carbocycles. The van der Waals surface area contributed by atoms with Gasteiger partial charge in [-0.25, -0.2) is 9.18 Å². The lowest BCUT2D eigenvalue weighted by Crippen LogP contribution is -2.21. The molecule has 0 unspecified atom stereocenters. The molecule has 1 amide bonds. The van der Waals surface area contributed by atoms with Crippen LogP contribution in [0.4, 0.5) is 10.1 Å². The van der Waals surface area contributed by atoms with E-state index in [0.717, 1.165) is 23.3 Å². The zero-order valence-corrected chi connectivity index (χ0v) is 13.4. The van der Waals surface area contributed by atoms with Gasteiger partial charge >= 0.3 is 5.97 Å². The second-order valence-electron chi connectivity index (χ2n) is 5.05. The van der Waals surface area contributed by atoms with Crippen LogP contribution in [-0.2, 0) is 9.53 Å². The van der Waals surface area contributed by atoms with Crippen molar-refractivity contribution in [1.29, 1.82) is 0 Å². The van der Waals surface area contributed by atoms with E-state index in [1.807, 2.05) is 26.0 Å². The van der Waals surface area contributed by atoms with Gasteiger partial charge in [0.2, 0.25) is 0 Å². The van der Waals surface area contributed by atoms with Crippen LogP contribution in [-0.4, -0.2) is 18.5 Å². The van der Waals surface area contributed by atoms with E-state index in [9.17, 15) is 14.0 Å². The summed E-state index contributed by atoms with van der Waals surface area (Å²) in [5, 5.41) is 2.45. The van der Waals surface area contributed by atoms with E-state index < -0.39 is 24.3 Å². The predicted molar refractivity (Wildman–Crippen MR) is 86.2 cm³/mol. The average molecular weight is 336 g/mol. The lowest BCUT2D eigenvalue weighted by molar-refractivity contribution is -0.119. The first-order valence-electron chi connectivity index (χ1n) is 6.86. The summed E-state index contributed by atoms with van der Waals surface area (Å²) in [6.07, 6.45) is 0. The Morgan fingerprint density at radius 1 is 1.13 bits per heavy atom. The van der Waals surface area contributed by atoms with Crippen molar-refractivity contribution in [3.63, 3.8) is 0 Å². The first kappa shape index (κ1) is 17.0. The van der Waals surface area contributed by atoms with Crippen LogP contribution in [0.25, 0.3) is 0 Å². The highest BCUT2D eigenvalue weighted by atomic mass is 35.5. The number of rotatable bonds is 4. The van der Waals surface area contributed by atoms with Crippen molar-refractivity contribution in [3.05, 3.63) is 63.9 Å². The fourth-order valence-electron chi connectivity index (χ4n) is 1.85. The van der Waals surface area contributed by atoms with Gasteiger partial charge in [-0.15, -0.1) is 0 Å². The molecule has 120 valence electrons. The summed E-state index contributed by atoms with van der Waals surface area (Å²) in [4.78, 5) is 23.6. The van der Waals surface area contributed by atoms with Crippen LogP contribution in [0.2, 0.25) is 5.02 Å². The number of benzene rings is 2. The summed E-state index contributed by atoms with van der Waals surface area (Å²) in [6, 6.07) is 8.94. The first-order valence-corrected chi connectivity index (χ1v) is 7.24. The molecule has 0 heterocycles. The zero-order valence-electron chi connectivity index (χ0n) is 12.7. The van der Waals surface area contributed by atoms with Gasteiger partial charge in [-0.2, -0.15) is 0 Å². The maximum atomic E-state index is 13.0. The molecule has 0 bridgehead atoms. The summed E-state index contributed by atoms with van der Waals surface area (Å²) in [6.45, 7) is 3.46. The number of esters is 1. The number of anilines is 1. The number of nitrogens with one attached hydrogen (secondary N) is 1. The van der Waals surface area contributed by atoms with Crippen molar-refractivity contribution in [2.75, 3.05) is 11.9 Å². The molecule has 0 aromatic heterocycles. The summed E-state index contributed by atoms with van der Waals surface area (Å²) in [5.41, 5.74) is 2.86. The van der Waals surface area contributed by atoms with Crippen LogP contribution in [0.3, 0.4) is 0 Å². The van der Waals surface area contributed by atoms with Gasteiger partial charge in [-0.3, -0.25) is 4.79 Å². The maximum Gasteiger partial charge on any atom is 0.338 e. The largest absolute Gasteiger partial charge is 0.452 e. The third kappa shape index (κ3) is 4.53. The molecule has 4 nitrogen and oxygen atoms in total. The number of carbonyl (C=O) groups is 2. The first-order chi connectivity index (χ1) is 10.9. The Morgan fingerprint density at radius 2 is 1.87 bits per heavy atom. The molecule has 0 fully saturated rings. The molecule has 0 saturated carbocycles. The van der Waals surface area contributed by atoms with Gasteiger partial charge in [0.25, 0.3) is 5.91 Å². The van der Waals surface area contributed by atoms with E-state index in [4.69, 9.17) is 16.3 Å². The van der Waals surface area contributed by atoms with Gasteiger partial charge in [0.15, 0.2) is 6.61 Å². The van der Waals surface area contributed by atoms with Gasteiger partial charge in [0, 0.05) is 5.69 Å². The Bertz CT molecular complexity index is 761. The topological polar surface area (TPSA) is 55.4 Å². The number of amides is 1. The van der Waals surface area contributed by atoms with E-state index in [-0.39, 0.29) is 10.6 Å². The molecule has 2 aromatic rings. The van der Waals surface area contributed by atoms with Crippen molar-refractivity contribution >= 4 is 29.2 Å². The molecule has 23 heavy (non-hydrogen) atoms. The molecule has 0 spiro atoms.